The normalized spacial score (nSPS) is 12.2. The minimum atomic E-state index is -4.81. The average Bonchev–Trinajstić information content (AvgIpc) is 3.03. The fraction of sp³-hybridized carbons (Fsp3) is 0.125. The summed E-state index contributed by atoms with van der Waals surface area (Å²) in [6.07, 6.45) is -4.81. The van der Waals surface area contributed by atoms with Gasteiger partial charge in [0.1, 0.15) is 0 Å². The molecule has 0 bridgehead atoms. The first-order valence-electron chi connectivity index (χ1n) is 7.49. The van der Waals surface area contributed by atoms with Gasteiger partial charge < -0.3 is 4.74 Å². The van der Waals surface area contributed by atoms with Crippen molar-refractivity contribution in [3.8, 4) is 0 Å². The Labute approximate surface area is 161 Å². The Bertz CT molecular complexity index is 1180. The quantitative estimate of drug-likeness (QED) is 0.609. The summed E-state index contributed by atoms with van der Waals surface area (Å²) in [5.74, 6) is -0.737. The minimum absolute atomic E-state index is 0.0163. The van der Waals surface area contributed by atoms with E-state index in [0.717, 1.165) is 19.2 Å². The number of anilines is 1. The SMILES string of the molecule is COC(=O)c1n[nH]c2ccc(NS(=O)(=O)c3ccc(Cl)c(C(F)(F)F)c3)cc12. The number of carbonyl (C=O) groups excluding carboxylic acids is 1. The van der Waals surface area contributed by atoms with Crippen LogP contribution in [0.3, 0.4) is 0 Å². The van der Waals surface area contributed by atoms with Crippen LogP contribution >= 0.6 is 11.6 Å². The average molecular weight is 434 g/mol. The fourth-order valence-electron chi connectivity index (χ4n) is 2.43. The molecule has 1 heterocycles. The molecule has 0 radical (unpaired) electrons. The Balaban J connectivity index is 2.00. The Morgan fingerprint density at radius 1 is 1.21 bits per heavy atom. The van der Waals surface area contributed by atoms with Gasteiger partial charge in [-0.05, 0) is 36.4 Å². The number of halogens is 4. The van der Waals surface area contributed by atoms with Crippen molar-refractivity contribution in [3.63, 3.8) is 0 Å². The number of fused-ring (bicyclic) bond motifs is 1. The first-order valence-corrected chi connectivity index (χ1v) is 9.35. The second-order valence-corrected chi connectivity index (χ2v) is 7.66. The Hall–Kier alpha value is -2.79. The smallest absolute Gasteiger partial charge is 0.417 e. The second kappa shape index (κ2) is 6.99. The molecule has 0 aliphatic rings. The Morgan fingerprint density at radius 2 is 1.93 bits per heavy atom. The van der Waals surface area contributed by atoms with E-state index in [1.165, 1.54) is 18.2 Å². The zero-order valence-electron chi connectivity index (χ0n) is 14.0. The lowest BCUT2D eigenvalue weighted by molar-refractivity contribution is -0.137. The standard InChI is InChI=1S/C16H11ClF3N3O4S/c1-27-15(24)14-10-6-8(2-5-13(10)21-22-14)23-28(25,26)9-3-4-12(17)11(7-9)16(18,19)20/h2-7,23H,1H3,(H,21,22). The van der Waals surface area contributed by atoms with E-state index >= 15 is 0 Å². The number of nitrogens with one attached hydrogen (secondary N) is 2. The van der Waals surface area contributed by atoms with Gasteiger partial charge in [-0.25, -0.2) is 13.2 Å². The molecule has 0 spiro atoms. The number of sulfonamides is 1. The number of nitrogens with zero attached hydrogens (tertiary/aromatic N) is 1. The molecule has 0 unspecified atom stereocenters. The summed E-state index contributed by atoms with van der Waals surface area (Å²) in [4.78, 5) is 11.1. The number of methoxy groups -OCH3 is 1. The first kappa shape index (κ1) is 20.0. The van der Waals surface area contributed by atoms with E-state index in [-0.39, 0.29) is 16.8 Å². The van der Waals surface area contributed by atoms with Gasteiger partial charge in [0, 0.05) is 11.1 Å². The molecule has 2 N–H and O–H groups in total. The zero-order valence-corrected chi connectivity index (χ0v) is 15.5. The van der Waals surface area contributed by atoms with Crippen LogP contribution < -0.4 is 4.72 Å². The predicted octanol–water partition coefficient (Wildman–Crippen LogP) is 3.82. The maximum Gasteiger partial charge on any atom is 0.417 e. The molecule has 12 heteroatoms. The lowest BCUT2D eigenvalue weighted by atomic mass is 10.2. The topological polar surface area (TPSA) is 101 Å². The summed E-state index contributed by atoms with van der Waals surface area (Å²) in [6.45, 7) is 0. The largest absolute Gasteiger partial charge is 0.464 e. The highest BCUT2D eigenvalue weighted by Gasteiger charge is 2.34. The molecule has 7 nitrogen and oxygen atoms in total. The molecule has 148 valence electrons. The van der Waals surface area contributed by atoms with E-state index in [0.29, 0.717) is 11.6 Å². The summed E-state index contributed by atoms with van der Waals surface area (Å²) in [7, 11) is -3.20. The number of alkyl halides is 3. The number of hydrogen-bond donors (Lipinski definition) is 2. The van der Waals surface area contributed by atoms with Gasteiger partial charge in [0.2, 0.25) is 0 Å². The molecule has 0 amide bonds. The van der Waals surface area contributed by atoms with Gasteiger partial charge in [0.25, 0.3) is 10.0 Å². The van der Waals surface area contributed by atoms with E-state index in [9.17, 15) is 26.4 Å². The molecule has 3 aromatic rings. The van der Waals surface area contributed by atoms with E-state index in [4.69, 9.17) is 11.6 Å². The van der Waals surface area contributed by atoms with E-state index in [1.807, 2.05) is 0 Å². The third kappa shape index (κ3) is 3.76. The molecule has 0 aliphatic heterocycles. The molecule has 0 saturated heterocycles. The van der Waals surface area contributed by atoms with Gasteiger partial charge in [-0.1, -0.05) is 11.6 Å². The van der Waals surface area contributed by atoms with Crippen LogP contribution in [0.5, 0.6) is 0 Å². The fourth-order valence-corrected chi connectivity index (χ4v) is 3.73. The first-order chi connectivity index (χ1) is 13.0. The number of hydrogen-bond acceptors (Lipinski definition) is 5. The number of esters is 1. The summed E-state index contributed by atoms with van der Waals surface area (Å²) >= 11 is 5.52. The van der Waals surface area contributed by atoms with E-state index < -0.39 is 37.7 Å². The highest BCUT2D eigenvalue weighted by Crippen LogP contribution is 2.36. The maximum atomic E-state index is 13.0. The third-order valence-corrected chi connectivity index (χ3v) is 5.46. The second-order valence-electron chi connectivity index (χ2n) is 5.57. The summed E-state index contributed by atoms with van der Waals surface area (Å²) < 4.78 is 70.7. The van der Waals surface area contributed by atoms with Gasteiger partial charge in [-0.2, -0.15) is 18.3 Å². The number of aromatic amines is 1. The van der Waals surface area contributed by atoms with E-state index in [2.05, 4.69) is 19.7 Å². The molecule has 0 saturated carbocycles. The van der Waals surface area contributed by atoms with Gasteiger partial charge >= 0.3 is 12.1 Å². The molecule has 2 aromatic carbocycles. The van der Waals surface area contributed by atoms with E-state index in [1.54, 1.807) is 0 Å². The van der Waals surface area contributed by atoms with Crippen LogP contribution in [0.2, 0.25) is 5.02 Å². The molecule has 0 atom stereocenters. The van der Waals surface area contributed by atoms with Gasteiger partial charge in [-0.3, -0.25) is 9.82 Å². The Kier molecular flexibility index (Phi) is 4.98. The Morgan fingerprint density at radius 3 is 2.57 bits per heavy atom. The van der Waals surface area contributed by atoms with Crippen LogP contribution in [0.15, 0.2) is 41.3 Å². The van der Waals surface area contributed by atoms with Crippen molar-refractivity contribution >= 4 is 44.2 Å². The number of benzene rings is 2. The molecule has 0 aliphatic carbocycles. The van der Waals surface area contributed by atoms with Crippen LogP contribution in [0.4, 0.5) is 18.9 Å². The van der Waals surface area contributed by atoms with Gasteiger partial charge in [-0.15, -0.1) is 0 Å². The number of aromatic nitrogens is 2. The van der Waals surface area contributed by atoms with Crippen molar-refractivity contribution in [3.05, 3.63) is 52.7 Å². The van der Waals surface area contributed by atoms with Crippen LogP contribution in [0, 0.1) is 0 Å². The summed E-state index contributed by atoms with van der Waals surface area (Å²) in [6, 6.07) is 6.38. The molecular formula is C16H11ClF3N3O4S. The van der Waals surface area contributed by atoms with Crippen LogP contribution in [0.25, 0.3) is 10.9 Å². The maximum absolute atomic E-state index is 13.0. The van der Waals surface area contributed by atoms with Crippen molar-refractivity contribution in [2.45, 2.75) is 11.1 Å². The number of ether oxygens (including phenoxy) is 1. The van der Waals surface area contributed by atoms with Crippen LogP contribution in [-0.4, -0.2) is 31.7 Å². The van der Waals surface area contributed by atoms with Crippen molar-refractivity contribution in [2.75, 3.05) is 11.8 Å². The molecular weight excluding hydrogens is 423 g/mol. The number of carbonyl (C=O) groups is 1. The van der Waals surface area contributed by atoms with Crippen molar-refractivity contribution in [2.24, 2.45) is 0 Å². The lowest BCUT2D eigenvalue weighted by Crippen LogP contribution is -2.15. The van der Waals surface area contributed by atoms with Crippen LogP contribution in [0.1, 0.15) is 16.1 Å². The zero-order chi connectivity index (χ0) is 20.7. The van der Waals surface area contributed by atoms with Gasteiger partial charge in [0.15, 0.2) is 5.69 Å². The molecule has 0 fully saturated rings. The van der Waals surface area contributed by atoms with Crippen molar-refractivity contribution < 1.29 is 31.1 Å². The molecule has 3 rings (SSSR count). The molecule has 1 aromatic heterocycles. The highest BCUT2D eigenvalue weighted by atomic mass is 35.5. The van der Waals surface area contributed by atoms with Crippen molar-refractivity contribution in [1.29, 1.82) is 0 Å². The molecule has 28 heavy (non-hydrogen) atoms. The van der Waals surface area contributed by atoms with Crippen LogP contribution in [-0.2, 0) is 20.9 Å². The number of rotatable bonds is 4. The summed E-state index contributed by atoms with van der Waals surface area (Å²) in [5.41, 5.74) is -0.878. The summed E-state index contributed by atoms with van der Waals surface area (Å²) in [5, 5.41) is 6.04. The number of H-pyrrole nitrogens is 1. The third-order valence-electron chi connectivity index (χ3n) is 3.75. The highest BCUT2D eigenvalue weighted by molar-refractivity contribution is 7.92. The van der Waals surface area contributed by atoms with Crippen molar-refractivity contribution in [1.82, 2.24) is 10.2 Å². The lowest BCUT2D eigenvalue weighted by Gasteiger charge is -2.12. The predicted molar refractivity (Wildman–Crippen MR) is 94.7 cm³/mol. The van der Waals surface area contributed by atoms with Gasteiger partial charge in [0.05, 0.1) is 28.1 Å². The monoisotopic (exact) mass is 433 g/mol. The minimum Gasteiger partial charge on any atom is -0.464 e.